The second-order valence-electron chi connectivity index (χ2n) is 11.8. The molecule has 0 aliphatic carbocycles. The van der Waals surface area contributed by atoms with Gasteiger partial charge in [0.15, 0.2) is 6.61 Å². The Morgan fingerprint density at radius 3 is 1.40 bits per heavy atom. The molecule has 0 radical (unpaired) electrons. The first-order chi connectivity index (χ1) is 21.8. The van der Waals surface area contributed by atoms with Crippen LogP contribution in [0.4, 0.5) is 0 Å². The predicted molar refractivity (Wildman–Crippen MR) is 189 cm³/mol. The summed E-state index contributed by atoms with van der Waals surface area (Å²) in [7, 11) is 0. The smallest absolute Gasteiger partial charge is 0.341 e. The second-order valence-corrected chi connectivity index (χ2v) is 12.9. The summed E-state index contributed by atoms with van der Waals surface area (Å²) >= 11 is 1.73. The van der Waals surface area contributed by atoms with Crippen molar-refractivity contribution in [3.63, 3.8) is 0 Å². The molecule has 5 aromatic carbocycles. The van der Waals surface area contributed by atoms with Crippen LogP contribution in [-0.4, -0.2) is 23.4 Å². The van der Waals surface area contributed by atoms with Gasteiger partial charge in [-0.2, -0.15) is 0 Å². The molecule has 228 valence electrons. The van der Waals surface area contributed by atoms with E-state index in [9.17, 15) is 4.79 Å². The molecule has 0 saturated heterocycles. The zero-order valence-electron chi connectivity index (χ0n) is 26.4. The number of aliphatic carboxylic acids is 1. The van der Waals surface area contributed by atoms with Crippen LogP contribution in [0, 0.1) is 0 Å². The van der Waals surface area contributed by atoms with E-state index in [2.05, 4.69) is 131 Å². The fourth-order valence-corrected chi connectivity index (χ4v) is 5.98. The molecule has 1 N–H and O–H groups in total. The van der Waals surface area contributed by atoms with Gasteiger partial charge in [-0.05, 0) is 86.2 Å². The molecule has 0 fully saturated rings. The third kappa shape index (κ3) is 8.55. The fraction of sp³-hybridized carbons (Fsp3) is 0.195. The first-order valence-corrected chi connectivity index (χ1v) is 16.4. The summed E-state index contributed by atoms with van der Waals surface area (Å²) in [5.41, 5.74) is 11.1. The maximum absolute atomic E-state index is 10.8. The lowest BCUT2D eigenvalue weighted by molar-refractivity contribution is -0.139. The van der Waals surface area contributed by atoms with Gasteiger partial charge in [-0.3, -0.25) is 0 Å². The van der Waals surface area contributed by atoms with E-state index < -0.39 is 5.97 Å². The monoisotopic (exact) mass is 612 g/mol. The van der Waals surface area contributed by atoms with E-state index in [4.69, 9.17) is 9.84 Å². The minimum absolute atomic E-state index is 0.345. The third-order valence-electron chi connectivity index (χ3n) is 7.94. The lowest BCUT2D eigenvalue weighted by atomic mass is 9.93. The molecular formula is C41H40O3S. The molecule has 0 saturated carbocycles. The van der Waals surface area contributed by atoms with Crippen molar-refractivity contribution in [2.75, 3.05) is 12.4 Å². The lowest BCUT2D eigenvalue weighted by Gasteiger charge is -2.13. The van der Waals surface area contributed by atoms with Crippen molar-refractivity contribution in [2.45, 2.75) is 44.4 Å². The van der Waals surface area contributed by atoms with Gasteiger partial charge in [-0.1, -0.05) is 131 Å². The van der Waals surface area contributed by atoms with Gasteiger partial charge in [0.2, 0.25) is 0 Å². The molecule has 4 heteroatoms. The van der Waals surface area contributed by atoms with Crippen LogP contribution < -0.4 is 4.74 Å². The number of carboxylic acids is 1. The summed E-state index contributed by atoms with van der Waals surface area (Å²) in [6.07, 6.45) is 2.29. The Kier molecular flexibility index (Phi) is 10.6. The zero-order valence-corrected chi connectivity index (χ0v) is 27.2. The molecule has 0 atom stereocenters. The van der Waals surface area contributed by atoms with Gasteiger partial charge >= 0.3 is 5.97 Å². The van der Waals surface area contributed by atoms with Crippen molar-refractivity contribution in [1.29, 1.82) is 0 Å². The van der Waals surface area contributed by atoms with Crippen molar-refractivity contribution in [2.24, 2.45) is 0 Å². The Hall–Kier alpha value is -4.54. The molecular weight excluding hydrogens is 573 g/mol. The van der Waals surface area contributed by atoms with Crippen LogP contribution in [0.1, 0.15) is 61.8 Å². The van der Waals surface area contributed by atoms with E-state index in [1.54, 1.807) is 11.8 Å². The van der Waals surface area contributed by atoms with E-state index in [0.717, 1.165) is 10.6 Å². The summed E-state index contributed by atoms with van der Waals surface area (Å²) in [4.78, 5) is 11.9. The molecule has 45 heavy (non-hydrogen) atoms. The van der Waals surface area contributed by atoms with Gasteiger partial charge in [-0.25, -0.2) is 4.79 Å². The number of thioether (sulfide) groups is 1. The second kappa shape index (κ2) is 15.0. The maximum atomic E-state index is 10.8. The van der Waals surface area contributed by atoms with Crippen molar-refractivity contribution >= 4 is 23.3 Å². The summed E-state index contributed by atoms with van der Waals surface area (Å²) in [5, 5.41) is 8.85. The van der Waals surface area contributed by atoms with Crippen molar-refractivity contribution in [3.8, 4) is 28.0 Å². The molecule has 0 aliphatic heterocycles. The van der Waals surface area contributed by atoms with Gasteiger partial charge in [0.25, 0.3) is 0 Å². The Balaban J connectivity index is 1.38. The summed E-state index contributed by atoms with van der Waals surface area (Å²) < 4.78 is 5.28. The number of ether oxygens (including phenoxy) is 1. The van der Waals surface area contributed by atoms with E-state index in [0.29, 0.717) is 17.6 Å². The summed E-state index contributed by atoms with van der Waals surface area (Å²) in [6.45, 7) is 8.53. The molecule has 5 aromatic rings. The SMILES string of the molecule is CC(C)c1ccc(-c2ccc(C(=CCSc3ccc(OCC(=O)O)cc3)c3ccc(-c4ccc(C(C)C)cc4)cc3)cc2)cc1. The Bertz CT molecular complexity index is 1620. The van der Waals surface area contributed by atoms with E-state index in [-0.39, 0.29) is 6.61 Å². The average Bonchev–Trinajstić information content (AvgIpc) is 3.06. The summed E-state index contributed by atoms with van der Waals surface area (Å²) in [5.74, 6) is 1.37. The molecule has 0 heterocycles. The highest BCUT2D eigenvalue weighted by atomic mass is 32.2. The van der Waals surface area contributed by atoms with Crippen LogP contribution in [-0.2, 0) is 4.79 Å². The minimum atomic E-state index is -0.986. The highest BCUT2D eigenvalue weighted by Gasteiger charge is 2.09. The van der Waals surface area contributed by atoms with Gasteiger partial charge < -0.3 is 9.84 Å². The van der Waals surface area contributed by atoms with Crippen molar-refractivity contribution in [1.82, 2.24) is 0 Å². The van der Waals surface area contributed by atoms with Gasteiger partial charge in [-0.15, -0.1) is 11.8 Å². The van der Waals surface area contributed by atoms with Gasteiger partial charge in [0.05, 0.1) is 0 Å². The highest BCUT2D eigenvalue weighted by molar-refractivity contribution is 7.99. The van der Waals surface area contributed by atoms with Crippen molar-refractivity contribution in [3.05, 3.63) is 150 Å². The molecule has 0 aliphatic rings. The number of rotatable bonds is 12. The molecule has 5 rings (SSSR count). The molecule has 0 amide bonds. The Morgan fingerprint density at radius 2 is 1.02 bits per heavy atom. The molecule has 3 nitrogen and oxygen atoms in total. The van der Waals surface area contributed by atoms with Gasteiger partial charge in [0.1, 0.15) is 5.75 Å². The predicted octanol–water partition coefficient (Wildman–Crippen LogP) is 11.0. The highest BCUT2D eigenvalue weighted by Crippen LogP contribution is 2.31. The Labute approximate surface area is 271 Å². The molecule has 0 unspecified atom stereocenters. The largest absolute Gasteiger partial charge is 0.482 e. The Morgan fingerprint density at radius 1 is 0.622 bits per heavy atom. The minimum Gasteiger partial charge on any atom is -0.482 e. The number of hydrogen-bond donors (Lipinski definition) is 1. The summed E-state index contributed by atoms with van der Waals surface area (Å²) in [6, 6.07) is 43.0. The molecule has 0 spiro atoms. The quantitative estimate of drug-likeness (QED) is 0.142. The van der Waals surface area contributed by atoms with Crippen LogP contribution in [0.15, 0.2) is 132 Å². The fourth-order valence-electron chi connectivity index (χ4n) is 5.21. The third-order valence-corrected chi connectivity index (χ3v) is 8.88. The van der Waals surface area contributed by atoms with E-state index in [1.165, 1.54) is 50.1 Å². The number of hydrogen-bond acceptors (Lipinski definition) is 3. The van der Waals surface area contributed by atoms with E-state index >= 15 is 0 Å². The maximum Gasteiger partial charge on any atom is 0.341 e. The van der Waals surface area contributed by atoms with Crippen LogP contribution in [0.25, 0.3) is 27.8 Å². The van der Waals surface area contributed by atoms with Crippen molar-refractivity contribution < 1.29 is 14.6 Å². The normalized spacial score (nSPS) is 11.1. The van der Waals surface area contributed by atoms with Crippen LogP contribution in [0.5, 0.6) is 5.75 Å². The van der Waals surface area contributed by atoms with Crippen LogP contribution in [0.3, 0.4) is 0 Å². The molecule has 0 aromatic heterocycles. The van der Waals surface area contributed by atoms with Crippen LogP contribution >= 0.6 is 11.8 Å². The van der Waals surface area contributed by atoms with Crippen LogP contribution in [0.2, 0.25) is 0 Å². The standard InChI is InChI=1S/C41H40O3S/c1-28(2)30-5-9-32(10-6-30)34-13-17-36(18-14-34)40(25-26-45-39-23-21-38(22-24-39)44-27-41(42)43)37-19-15-35(16-20-37)33-11-7-31(8-12-33)29(3)4/h5-25,28-29H,26-27H2,1-4H3,(H,42,43). The number of benzene rings is 5. The topological polar surface area (TPSA) is 46.5 Å². The average molecular weight is 613 g/mol. The number of carboxylic acid groups (broad SMARTS) is 1. The zero-order chi connectivity index (χ0) is 31.8. The number of carbonyl (C=O) groups is 1. The lowest BCUT2D eigenvalue weighted by Crippen LogP contribution is -2.09. The van der Waals surface area contributed by atoms with E-state index in [1.807, 2.05) is 24.3 Å². The molecule has 0 bridgehead atoms. The first-order valence-electron chi connectivity index (χ1n) is 15.5. The first kappa shape index (κ1) is 31.9. The van der Waals surface area contributed by atoms with Gasteiger partial charge in [0, 0.05) is 10.6 Å².